The van der Waals surface area contributed by atoms with E-state index in [0.29, 0.717) is 17.5 Å². The van der Waals surface area contributed by atoms with Gasteiger partial charge in [-0.15, -0.1) is 0 Å². The molecule has 11 heteroatoms. The summed E-state index contributed by atoms with van der Waals surface area (Å²) in [6.45, 7) is 3.53. The summed E-state index contributed by atoms with van der Waals surface area (Å²) >= 11 is 11.2. The van der Waals surface area contributed by atoms with E-state index in [1.54, 1.807) is 0 Å². The number of nitrogens with two attached hydrogens (primary N) is 2. The van der Waals surface area contributed by atoms with Crippen LogP contribution in [-0.2, 0) is 9.47 Å². The van der Waals surface area contributed by atoms with Crippen molar-refractivity contribution in [3.8, 4) is 0 Å². The van der Waals surface area contributed by atoms with E-state index in [2.05, 4.69) is 26.0 Å². The van der Waals surface area contributed by atoms with Gasteiger partial charge in [0.2, 0.25) is 0 Å². The van der Waals surface area contributed by atoms with E-state index in [-0.39, 0.29) is 32.9 Å². The van der Waals surface area contributed by atoms with Gasteiger partial charge in [-0.3, -0.25) is 4.79 Å². The predicted octanol–water partition coefficient (Wildman–Crippen LogP) is 2.66. The Morgan fingerprint density at radius 2 is 1.36 bits per heavy atom. The highest BCUT2D eigenvalue weighted by atomic mass is 35.5. The summed E-state index contributed by atoms with van der Waals surface area (Å²) in [7, 11) is 2.43. The lowest BCUT2D eigenvalue weighted by atomic mass is 10.1. The van der Waals surface area contributed by atoms with Gasteiger partial charge in [-0.25, -0.2) is 19.6 Å². The summed E-state index contributed by atoms with van der Waals surface area (Å²) in [4.78, 5) is 40.5. The van der Waals surface area contributed by atoms with E-state index in [4.69, 9.17) is 34.7 Å². The highest BCUT2D eigenvalue weighted by molar-refractivity contribution is 6.30. The Morgan fingerprint density at radius 1 is 0.964 bits per heavy atom. The first-order chi connectivity index (χ1) is 13.2. The minimum absolute atomic E-state index is 0.0127. The van der Waals surface area contributed by atoms with Crippen molar-refractivity contribution in [3.63, 3.8) is 0 Å². The van der Waals surface area contributed by atoms with Gasteiger partial charge in [0.25, 0.3) is 0 Å². The molecule has 0 saturated carbocycles. The number of carbonyl (C=O) groups excluding carboxylic acids is 3. The molecule has 0 aliphatic rings. The van der Waals surface area contributed by atoms with Gasteiger partial charge in [0.05, 0.1) is 19.8 Å². The Labute approximate surface area is 170 Å². The number of pyridine rings is 2. The van der Waals surface area contributed by atoms with Crippen LogP contribution in [0.2, 0.25) is 10.3 Å². The van der Waals surface area contributed by atoms with Crippen molar-refractivity contribution >= 4 is 58.9 Å². The van der Waals surface area contributed by atoms with Crippen LogP contribution in [0.25, 0.3) is 6.08 Å². The molecular formula is C17H16Cl2N4O5. The summed E-state index contributed by atoms with van der Waals surface area (Å²) in [5.74, 6) is -1.34. The minimum Gasteiger partial charge on any atom is -0.464 e. The second-order valence-corrected chi connectivity index (χ2v) is 5.67. The summed E-state index contributed by atoms with van der Waals surface area (Å²) in [5.41, 5.74) is 11.9. The molecule has 148 valence electrons. The van der Waals surface area contributed by atoms with Crippen LogP contribution in [-0.4, -0.2) is 42.4 Å². The minimum atomic E-state index is -0.749. The second-order valence-electron chi connectivity index (χ2n) is 4.90. The van der Waals surface area contributed by atoms with E-state index in [0.717, 1.165) is 0 Å². The van der Waals surface area contributed by atoms with Crippen molar-refractivity contribution in [1.29, 1.82) is 0 Å². The Kier molecular flexibility index (Phi) is 8.36. The topological polar surface area (TPSA) is 147 Å². The fourth-order valence-corrected chi connectivity index (χ4v) is 2.33. The molecule has 0 aromatic carbocycles. The molecule has 0 saturated heterocycles. The van der Waals surface area contributed by atoms with Gasteiger partial charge >= 0.3 is 11.9 Å². The van der Waals surface area contributed by atoms with Gasteiger partial charge in [0, 0.05) is 16.9 Å². The number of hydrogen-bond donors (Lipinski definition) is 2. The summed E-state index contributed by atoms with van der Waals surface area (Å²) < 4.78 is 8.94. The largest absolute Gasteiger partial charge is 0.464 e. The zero-order valence-corrected chi connectivity index (χ0v) is 16.4. The van der Waals surface area contributed by atoms with Crippen molar-refractivity contribution in [2.45, 2.75) is 0 Å². The maximum Gasteiger partial charge on any atom is 0.357 e. The molecule has 0 bridgehead atoms. The Hall–Kier alpha value is -3.17. The van der Waals surface area contributed by atoms with Gasteiger partial charge in [-0.2, -0.15) is 0 Å². The molecule has 0 aliphatic heterocycles. The Morgan fingerprint density at radius 3 is 1.71 bits per heavy atom. The average Bonchev–Trinajstić information content (AvgIpc) is 2.66. The van der Waals surface area contributed by atoms with Gasteiger partial charge in [0.15, 0.2) is 17.7 Å². The molecule has 0 atom stereocenters. The maximum atomic E-state index is 11.3. The lowest BCUT2D eigenvalue weighted by molar-refractivity contribution is 0.0584. The van der Waals surface area contributed by atoms with E-state index in [9.17, 15) is 14.4 Å². The first-order valence-electron chi connectivity index (χ1n) is 7.36. The number of nitrogen functional groups attached to an aromatic ring is 2. The van der Waals surface area contributed by atoms with Crippen LogP contribution in [0.15, 0.2) is 18.7 Å². The monoisotopic (exact) mass is 426 g/mol. The molecular weight excluding hydrogens is 411 g/mol. The SMILES string of the molecule is C=Cc1c(N)cc(Cl)nc1C(=O)OC.COC(=O)c1nc(Cl)cc(N)c1C=O. The van der Waals surface area contributed by atoms with Crippen molar-refractivity contribution in [2.75, 3.05) is 25.7 Å². The van der Waals surface area contributed by atoms with E-state index >= 15 is 0 Å². The number of rotatable bonds is 4. The molecule has 0 unspecified atom stereocenters. The first-order valence-corrected chi connectivity index (χ1v) is 8.11. The summed E-state index contributed by atoms with van der Waals surface area (Å²) in [5, 5.41) is 0.182. The smallest absolute Gasteiger partial charge is 0.357 e. The number of ether oxygens (including phenoxy) is 2. The van der Waals surface area contributed by atoms with Crippen LogP contribution in [0, 0.1) is 0 Å². The molecule has 0 fully saturated rings. The summed E-state index contributed by atoms with van der Waals surface area (Å²) in [6, 6.07) is 2.74. The average molecular weight is 427 g/mol. The Balaban J connectivity index is 0.000000280. The van der Waals surface area contributed by atoms with Gasteiger partial charge in [-0.1, -0.05) is 35.9 Å². The fraction of sp³-hybridized carbons (Fsp3) is 0.118. The van der Waals surface area contributed by atoms with Crippen molar-refractivity contribution < 1.29 is 23.9 Å². The predicted molar refractivity (Wildman–Crippen MR) is 105 cm³/mol. The molecule has 0 radical (unpaired) electrons. The van der Waals surface area contributed by atoms with Crippen LogP contribution in [0.4, 0.5) is 11.4 Å². The molecule has 2 aromatic heterocycles. The summed E-state index contributed by atoms with van der Waals surface area (Å²) in [6.07, 6.45) is 1.87. The molecule has 4 N–H and O–H groups in total. The molecule has 2 aromatic rings. The third kappa shape index (κ3) is 5.41. The highest BCUT2D eigenvalue weighted by Crippen LogP contribution is 2.21. The van der Waals surface area contributed by atoms with Crippen LogP contribution in [0.1, 0.15) is 36.9 Å². The quantitative estimate of drug-likeness (QED) is 0.427. The molecule has 0 aliphatic carbocycles. The van der Waals surface area contributed by atoms with Gasteiger partial charge < -0.3 is 20.9 Å². The van der Waals surface area contributed by atoms with Crippen molar-refractivity contribution in [1.82, 2.24) is 9.97 Å². The van der Waals surface area contributed by atoms with Crippen LogP contribution >= 0.6 is 23.2 Å². The van der Waals surface area contributed by atoms with Crippen LogP contribution in [0.5, 0.6) is 0 Å². The molecule has 28 heavy (non-hydrogen) atoms. The lowest BCUT2D eigenvalue weighted by Crippen LogP contribution is -2.10. The van der Waals surface area contributed by atoms with E-state index < -0.39 is 11.9 Å². The zero-order valence-electron chi connectivity index (χ0n) is 14.9. The number of halogens is 2. The van der Waals surface area contributed by atoms with E-state index in [1.165, 1.54) is 32.4 Å². The number of esters is 2. The molecule has 2 heterocycles. The standard InChI is InChI=1S/C9H9ClN2O2.C8H7ClN2O3/c1-3-5-6(11)4-7(10)12-8(5)9(13)14-2;1-14-8(13)7-4(3-12)5(10)2-6(9)11-7/h3-4H,1H2,2H3,(H2,11,12);2-3H,1H3,(H2,10,11). The molecule has 0 amide bonds. The number of anilines is 2. The van der Waals surface area contributed by atoms with Gasteiger partial charge in [-0.05, 0) is 12.1 Å². The lowest BCUT2D eigenvalue weighted by Gasteiger charge is -2.06. The first kappa shape index (κ1) is 22.9. The number of hydrogen-bond acceptors (Lipinski definition) is 9. The van der Waals surface area contributed by atoms with E-state index in [1.807, 2.05) is 0 Å². The number of methoxy groups -OCH3 is 2. The van der Waals surface area contributed by atoms with Crippen molar-refractivity contribution in [2.24, 2.45) is 0 Å². The molecule has 9 nitrogen and oxygen atoms in total. The molecule has 0 spiro atoms. The number of aldehydes is 1. The highest BCUT2D eigenvalue weighted by Gasteiger charge is 2.17. The number of aromatic nitrogens is 2. The zero-order chi connectivity index (χ0) is 21.4. The van der Waals surface area contributed by atoms with Crippen LogP contribution < -0.4 is 11.5 Å². The number of nitrogens with zero attached hydrogens (tertiary/aromatic N) is 2. The van der Waals surface area contributed by atoms with Crippen LogP contribution in [0.3, 0.4) is 0 Å². The normalized spacial score (nSPS) is 9.57. The second kappa shape index (κ2) is 10.2. The third-order valence-corrected chi connectivity index (χ3v) is 3.59. The van der Waals surface area contributed by atoms with Gasteiger partial charge in [0.1, 0.15) is 10.3 Å². The number of carbonyl (C=O) groups is 3. The fourth-order valence-electron chi connectivity index (χ4n) is 1.93. The third-order valence-electron chi connectivity index (χ3n) is 3.20. The van der Waals surface area contributed by atoms with Crippen molar-refractivity contribution in [3.05, 3.63) is 51.5 Å². The molecule has 2 rings (SSSR count). The maximum absolute atomic E-state index is 11.3. The Bertz CT molecular complexity index is 859.